The fraction of sp³-hybridized carbons (Fsp3) is 0.100. The van der Waals surface area contributed by atoms with E-state index in [9.17, 15) is 4.79 Å². The summed E-state index contributed by atoms with van der Waals surface area (Å²) in [6.07, 6.45) is 1.92. The van der Waals surface area contributed by atoms with Crippen molar-refractivity contribution in [1.82, 2.24) is 8.97 Å². The number of aryl methyl sites for hydroxylation is 1. The Morgan fingerprint density at radius 1 is 1.29 bits per heavy atom. The topological polar surface area (TPSA) is 26.4 Å². The molecule has 0 radical (unpaired) electrons. The normalized spacial score (nSPS) is 11.5. The Hall–Kier alpha value is -1.55. The molecule has 3 heterocycles. The van der Waals surface area contributed by atoms with E-state index in [0.29, 0.717) is 0 Å². The van der Waals surface area contributed by atoms with E-state index in [1.165, 1.54) is 0 Å². The quantitative estimate of drug-likeness (QED) is 0.549. The van der Waals surface area contributed by atoms with Gasteiger partial charge in [-0.3, -0.25) is 9.36 Å². The molecule has 0 bridgehead atoms. The van der Waals surface area contributed by atoms with Crippen molar-refractivity contribution in [2.75, 3.05) is 0 Å². The molecule has 3 nitrogen and oxygen atoms in total. The highest BCUT2D eigenvalue weighted by atomic mass is 32.1. The molecule has 0 aliphatic carbocycles. The highest BCUT2D eigenvalue weighted by Gasteiger charge is 2.07. The molecule has 0 saturated heterocycles. The number of nitrogens with zero attached hydrogens (tertiary/aromatic N) is 2. The van der Waals surface area contributed by atoms with E-state index in [1.54, 1.807) is 15.9 Å². The number of rotatable bonds is 0. The summed E-state index contributed by atoms with van der Waals surface area (Å²) in [4.78, 5) is 12.9. The maximum atomic E-state index is 11.9. The van der Waals surface area contributed by atoms with Gasteiger partial charge in [-0.25, -0.2) is 0 Å². The van der Waals surface area contributed by atoms with Crippen LogP contribution < -0.4 is 5.56 Å². The standard InChI is InChI=1S/C10H8N2OS/c1-11-9(13)7-3-2-5-12(7)8-4-6-14-10(8)11/h2-6H,1H3. The van der Waals surface area contributed by atoms with Crippen LogP contribution in [-0.2, 0) is 7.05 Å². The molecule has 0 N–H and O–H groups in total. The summed E-state index contributed by atoms with van der Waals surface area (Å²) in [7, 11) is 1.81. The lowest BCUT2D eigenvalue weighted by atomic mass is 10.4. The van der Waals surface area contributed by atoms with Crippen molar-refractivity contribution in [3.63, 3.8) is 0 Å². The third-order valence-electron chi connectivity index (χ3n) is 2.46. The lowest BCUT2D eigenvalue weighted by Crippen LogP contribution is -2.18. The van der Waals surface area contributed by atoms with Gasteiger partial charge in [0.25, 0.3) is 5.56 Å². The Morgan fingerprint density at radius 3 is 3.00 bits per heavy atom. The van der Waals surface area contributed by atoms with Crippen molar-refractivity contribution in [3.05, 3.63) is 40.1 Å². The summed E-state index contributed by atoms with van der Waals surface area (Å²) in [5, 5.41) is 2.00. The van der Waals surface area contributed by atoms with Crippen molar-refractivity contribution in [1.29, 1.82) is 0 Å². The van der Waals surface area contributed by atoms with E-state index in [2.05, 4.69) is 0 Å². The third-order valence-corrected chi connectivity index (χ3v) is 3.44. The third kappa shape index (κ3) is 0.786. The van der Waals surface area contributed by atoms with Crippen molar-refractivity contribution in [2.24, 2.45) is 7.05 Å². The first-order valence-corrected chi connectivity index (χ1v) is 5.20. The van der Waals surface area contributed by atoms with Crippen LogP contribution in [-0.4, -0.2) is 8.97 Å². The molecule has 0 saturated carbocycles. The van der Waals surface area contributed by atoms with Crippen LogP contribution in [0.15, 0.2) is 34.6 Å². The number of thiophene rings is 1. The van der Waals surface area contributed by atoms with Crippen LogP contribution in [0, 0.1) is 0 Å². The molecule has 3 aromatic heterocycles. The predicted molar refractivity (Wildman–Crippen MR) is 58.0 cm³/mol. The first-order valence-electron chi connectivity index (χ1n) is 4.32. The van der Waals surface area contributed by atoms with Gasteiger partial charge in [-0.2, -0.15) is 0 Å². The van der Waals surface area contributed by atoms with Crippen LogP contribution in [0.2, 0.25) is 0 Å². The summed E-state index contributed by atoms with van der Waals surface area (Å²) in [5.41, 5.74) is 1.89. The highest BCUT2D eigenvalue weighted by Crippen LogP contribution is 2.19. The average Bonchev–Trinajstić information content (AvgIpc) is 2.80. The Labute approximate surface area is 83.8 Å². The first-order chi connectivity index (χ1) is 6.79. The molecule has 3 aromatic rings. The molecule has 3 rings (SSSR count). The smallest absolute Gasteiger partial charge is 0.275 e. The van der Waals surface area contributed by atoms with Gasteiger partial charge < -0.3 is 4.40 Å². The zero-order valence-corrected chi connectivity index (χ0v) is 8.41. The monoisotopic (exact) mass is 204 g/mol. The first kappa shape index (κ1) is 7.82. The second kappa shape index (κ2) is 2.48. The van der Waals surface area contributed by atoms with E-state index in [-0.39, 0.29) is 5.56 Å². The maximum absolute atomic E-state index is 11.9. The Kier molecular flexibility index (Phi) is 1.39. The zero-order valence-electron chi connectivity index (χ0n) is 7.60. The molecule has 0 aromatic carbocycles. The lowest BCUT2D eigenvalue weighted by molar-refractivity contribution is 0.910. The number of fused-ring (bicyclic) bond motifs is 3. The van der Waals surface area contributed by atoms with Gasteiger partial charge in [0, 0.05) is 13.2 Å². The van der Waals surface area contributed by atoms with Crippen LogP contribution in [0.1, 0.15) is 0 Å². The maximum Gasteiger partial charge on any atom is 0.275 e. The summed E-state index contributed by atoms with van der Waals surface area (Å²) in [5.74, 6) is 0. The van der Waals surface area contributed by atoms with Crippen molar-refractivity contribution in [2.45, 2.75) is 0 Å². The van der Waals surface area contributed by atoms with E-state index in [1.807, 2.05) is 41.2 Å². The fourth-order valence-corrected chi connectivity index (χ4v) is 2.61. The Morgan fingerprint density at radius 2 is 2.14 bits per heavy atom. The summed E-state index contributed by atoms with van der Waals surface area (Å²) >= 11 is 1.59. The van der Waals surface area contributed by atoms with Gasteiger partial charge in [0.05, 0.1) is 5.52 Å². The summed E-state index contributed by atoms with van der Waals surface area (Å²) in [6.45, 7) is 0. The molecular weight excluding hydrogens is 196 g/mol. The van der Waals surface area contributed by atoms with Gasteiger partial charge in [0.15, 0.2) is 0 Å². The van der Waals surface area contributed by atoms with Crippen molar-refractivity contribution < 1.29 is 0 Å². The van der Waals surface area contributed by atoms with E-state index >= 15 is 0 Å². The summed E-state index contributed by atoms with van der Waals surface area (Å²) in [6, 6.07) is 5.78. The van der Waals surface area contributed by atoms with Gasteiger partial charge in [-0.1, -0.05) is 0 Å². The van der Waals surface area contributed by atoms with Gasteiger partial charge in [0.1, 0.15) is 10.3 Å². The van der Waals surface area contributed by atoms with E-state index in [4.69, 9.17) is 0 Å². The highest BCUT2D eigenvalue weighted by molar-refractivity contribution is 7.16. The van der Waals surface area contributed by atoms with Crippen LogP contribution in [0.4, 0.5) is 0 Å². The second-order valence-corrected chi connectivity index (χ2v) is 4.13. The largest absolute Gasteiger partial charge is 0.310 e. The van der Waals surface area contributed by atoms with E-state index < -0.39 is 0 Å². The van der Waals surface area contributed by atoms with Crippen LogP contribution in [0.3, 0.4) is 0 Å². The van der Waals surface area contributed by atoms with Gasteiger partial charge >= 0.3 is 0 Å². The predicted octanol–water partition coefficient (Wildman–Crippen LogP) is 1.85. The Bertz CT molecular complexity index is 674. The van der Waals surface area contributed by atoms with Gasteiger partial charge in [0.2, 0.25) is 0 Å². The minimum absolute atomic E-state index is 0.0601. The molecule has 0 fully saturated rings. The van der Waals surface area contributed by atoms with Gasteiger partial charge in [-0.15, -0.1) is 11.3 Å². The van der Waals surface area contributed by atoms with Crippen molar-refractivity contribution in [3.8, 4) is 0 Å². The molecular formula is C10H8N2OS. The van der Waals surface area contributed by atoms with Gasteiger partial charge in [-0.05, 0) is 23.6 Å². The molecule has 0 aliphatic rings. The average molecular weight is 204 g/mol. The molecule has 0 atom stereocenters. The van der Waals surface area contributed by atoms with Crippen LogP contribution in [0.25, 0.3) is 15.9 Å². The molecule has 14 heavy (non-hydrogen) atoms. The minimum atomic E-state index is 0.0601. The molecule has 0 amide bonds. The SMILES string of the molecule is Cn1c(=O)c2cccn2c2ccsc21. The summed E-state index contributed by atoms with van der Waals surface area (Å²) < 4.78 is 3.64. The number of hydrogen-bond donors (Lipinski definition) is 0. The minimum Gasteiger partial charge on any atom is -0.310 e. The second-order valence-electron chi connectivity index (χ2n) is 3.24. The number of aromatic nitrogens is 2. The Balaban J connectivity index is 2.81. The molecule has 0 spiro atoms. The molecule has 0 aliphatic heterocycles. The molecule has 70 valence electrons. The lowest BCUT2D eigenvalue weighted by Gasteiger charge is -2.02. The van der Waals surface area contributed by atoms with Crippen LogP contribution in [0.5, 0.6) is 0 Å². The fourth-order valence-electron chi connectivity index (χ4n) is 1.76. The van der Waals surface area contributed by atoms with E-state index in [0.717, 1.165) is 15.9 Å². The van der Waals surface area contributed by atoms with Crippen LogP contribution >= 0.6 is 11.3 Å². The van der Waals surface area contributed by atoms with Crippen molar-refractivity contribution >= 4 is 27.2 Å². The zero-order chi connectivity index (χ0) is 9.71. The molecule has 4 heteroatoms. The number of hydrogen-bond acceptors (Lipinski definition) is 2. The molecule has 0 unspecified atom stereocenters.